The van der Waals surface area contributed by atoms with E-state index in [0.29, 0.717) is 6.54 Å². The van der Waals surface area contributed by atoms with Gasteiger partial charge in [-0.2, -0.15) is 10.2 Å². The van der Waals surface area contributed by atoms with E-state index in [1.807, 2.05) is 15.4 Å². The molecule has 2 aromatic heterocycles. The molecule has 2 rings (SSSR count). The lowest BCUT2D eigenvalue weighted by atomic mass is 10.3. The maximum atomic E-state index is 5.67. The average molecular weight is 233 g/mol. The second-order valence-electron chi connectivity index (χ2n) is 3.98. The highest BCUT2D eigenvalue weighted by atomic mass is 15.3. The number of rotatable bonds is 5. The third-order valence-corrected chi connectivity index (χ3v) is 2.90. The highest BCUT2D eigenvalue weighted by Crippen LogP contribution is 2.09. The van der Waals surface area contributed by atoms with Crippen LogP contribution in [0.5, 0.6) is 0 Å². The summed E-state index contributed by atoms with van der Waals surface area (Å²) in [5, 5.41) is 8.82. The van der Waals surface area contributed by atoms with Crippen LogP contribution in [-0.4, -0.2) is 19.6 Å². The molecule has 0 fully saturated rings. The Hall–Kier alpha value is -1.62. The molecule has 0 saturated heterocycles. The lowest BCUT2D eigenvalue weighted by Crippen LogP contribution is -2.13. The summed E-state index contributed by atoms with van der Waals surface area (Å²) in [6.07, 6.45) is 2.75. The van der Waals surface area contributed by atoms with Crippen molar-refractivity contribution in [1.29, 1.82) is 0 Å². The molecule has 2 N–H and O–H groups in total. The molecule has 0 aliphatic rings. The molecule has 0 unspecified atom stereocenters. The Kier molecular flexibility index (Phi) is 3.58. The highest BCUT2D eigenvalue weighted by molar-refractivity contribution is 5.12. The fourth-order valence-corrected chi connectivity index (χ4v) is 1.92. The van der Waals surface area contributed by atoms with E-state index in [4.69, 9.17) is 5.73 Å². The van der Waals surface area contributed by atoms with E-state index in [0.717, 1.165) is 30.9 Å². The fourth-order valence-electron chi connectivity index (χ4n) is 1.92. The molecular weight excluding hydrogens is 214 g/mol. The second-order valence-corrected chi connectivity index (χ2v) is 3.98. The van der Waals surface area contributed by atoms with Crippen LogP contribution in [0.15, 0.2) is 18.3 Å². The third-order valence-electron chi connectivity index (χ3n) is 2.90. The molecular formula is C12H19N5. The van der Waals surface area contributed by atoms with Gasteiger partial charge in [0.2, 0.25) is 0 Å². The van der Waals surface area contributed by atoms with E-state index in [9.17, 15) is 0 Å². The van der Waals surface area contributed by atoms with Crippen molar-refractivity contribution >= 4 is 0 Å². The van der Waals surface area contributed by atoms with Gasteiger partial charge in [0, 0.05) is 19.3 Å². The first-order valence-corrected chi connectivity index (χ1v) is 6.04. The molecule has 0 amide bonds. The van der Waals surface area contributed by atoms with Crippen LogP contribution >= 0.6 is 0 Å². The van der Waals surface area contributed by atoms with Crippen molar-refractivity contribution < 1.29 is 0 Å². The summed E-state index contributed by atoms with van der Waals surface area (Å²) in [4.78, 5) is 0. The van der Waals surface area contributed by atoms with Gasteiger partial charge in [-0.25, -0.2) is 0 Å². The summed E-state index contributed by atoms with van der Waals surface area (Å²) in [6.45, 7) is 6.35. The Bertz CT molecular complexity index is 483. The molecule has 0 bridgehead atoms. The van der Waals surface area contributed by atoms with Crippen molar-refractivity contribution in [3.8, 4) is 0 Å². The van der Waals surface area contributed by atoms with Crippen LogP contribution in [0.4, 0.5) is 0 Å². The van der Waals surface area contributed by atoms with Gasteiger partial charge in [-0.1, -0.05) is 6.92 Å². The number of nitrogens with two attached hydrogens (primary N) is 1. The van der Waals surface area contributed by atoms with Gasteiger partial charge < -0.3 is 5.73 Å². The summed E-state index contributed by atoms with van der Waals surface area (Å²) in [5.74, 6) is 0. The molecule has 0 saturated carbocycles. The molecule has 92 valence electrons. The van der Waals surface area contributed by atoms with Gasteiger partial charge in [-0.05, 0) is 25.5 Å². The third kappa shape index (κ3) is 2.39. The van der Waals surface area contributed by atoms with E-state index in [-0.39, 0.29) is 0 Å². The van der Waals surface area contributed by atoms with Crippen molar-refractivity contribution in [3.63, 3.8) is 0 Å². The molecule has 5 heteroatoms. The van der Waals surface area contributed by atoms with Crippen LogP contribution in [0.2, 0.25) is 0 Å². The van der Waals surface area contributed by atoms with Gasteiger partial charge in [-0.15, -0.1) is 0 Å². The SMILES string of the molecule is CCc1cc(Cn2nccc2CN)n(CC)n1. The minimum absolute atomic E-state index is 0.515. The quantitative estimate of drug-likeness (QED) is 0.843. The zero-order valence-electron chi connectivity index (χ0n) is 10.4. The largest absolute Gasteiger partial charge is 0.325 e. The second kappa shape index (κ2) is 5.14. The predicted molar refractivity (Wildman–Crippen MR) is 66.5 cm³/mol. The van der Waals surface area contributed by atoms with E-state index < -0.39 is 0 Å². The van der Waals surface area contributed by atoms with Crippen LogP contribution in [0.3, 0.4) is 0 Å². The first-order valence-electron chi connectivity index (χ1n) is 6.04. The Balaban J connectivity index is 2.25. The highest BCUT2D eigenvalue weighted by Gasteiger charge is 2.08. The van der Waals surface area contributed by atoms with Crippen molar-refractivity contribution in [2.24, 2.45) is 5.73 Å². The Morgan fingerprint density at radius 2 is 2.06 bits per heavy atom. The Labute approximate surface area is 101 Å². The molecule has 0 atom stereocenters. The zero-order valence-corrected chi connectivity index (χ0v) is 10.4. The van der Waals surface area contributed by atoms with E-state index >= 15 is 0 Å². The Morgan fingerprint density at radius 1 is 1.24 bits per heavy atom. The molecule has 0 radical (unpaired) electrons. The van der Waals surface area contributed by atoms with Gasteiger partial charge in [0.25, 0.3) is 0 Å². The van der Waals surface area contributed by atoms with Crippen molar-refractivity contribution in [2.75, 3.05) is 0 Å². The van der Waals surface area contributed by atoms with Crippen LogP contribution < -0.4 is 5.73 Å². The minimum Gasteiger partial charge on any atom is -0.325 e. The standard InChI is InChI=1S/C12H19N5/c1-3-10-7-12(16(4-2)15-10)9-17-11(8-13)5-6-14-17/h5-7H,3-4,8-9,13H2,1-2H3. The number of nitrogens with zero attached hydrogens (tertiary/aromatic N) is 4. The van der Waals surface area contributed by atoms with Crippen molar-refractivity contribution in [1.82, 2.24) is 19.6 Å². The maximum absolute atomic E-state index is 5.67. The average Bonchev–Trinajstić information content (AvgIpc) is 2.95. The molecule has 5 nitrogen and oxygen atoms in total. The van der Waals surface area contributed by atoms with Crippen LogP contribution in [0, 0.1) is 0 Å². The summed E-state index contributed by atoms with van der Waals surface area (Å²) in [5.41, 5.74) is 9.03. The normalized spacial score (nSPS) is 11.0. The maximum Gasteiger partial charge on any atom is 0.0832 e. The van der Waals surface area contributed by atoms with Crippen molar-refractivity contribution in [2.45, 2.75) is 39.9 Å². The fraction of sp³-hybridized carbons (Fsp3) is 0.500. The summed E-state index contributed by atoms with van der Waals surface area (Å²) in [6, 6.07) is 4.10. The van der Waals surface area contributed by atoms with Crippen molar-refractivity contribution in [3.05, 3.63) is 35.4 Å². The summed E-state index contributed by atoms with van der Waals surface area (Å²) >= 11 is 0. The van der Waals surface area contributed by atoms with Crippen LogP contribution in [-0.2, 0) is 26.1 Å². The molecule has 0 aliphatic carbocycles. The smallest absolute Gasteiger partial charge is 0.0832 e. The lowest BCUT2D eigenvalue weighted by molar-refractivity contribution is 0.562. The first-order chi connectivity index (χ1) is 8.28. The van der Waals surface area contributed by atoms with Gasteiger partial charge in [0.15, 0.2) is 0 Å². The molecule has 0 aliphatic heterocycles. The first kappa shape index (κ1) is 11.9. The van der Waals surface area contributed by atoms with Gasteiger partial charge in [0.1, 0.15) is 0 Å². The molecule has 0 aromatic carbocycles. The molecule has 2 heterocycles. The number of aryl methyl sites for hydroxylation is 2. The Morgan fingerprint density at radius 3 is 2.71 bits per heavy atom. The predicted octanol–water partition coefficient (Wildman–Crippen LogP) is 1.17. The molecule has 2 aromatic rings. The number of hydrogen-bond donors (Lipinski definition) is 1. The zero-order chi connectivity index (χ0) is 12.3. The summed E-state index contributed by atoms with van der Waals surface area (Å²) in [7, 11) is 0. The lowest BCUT2D eigenvalue weighted by Gasteiger charge is -2.07. The van der Waals surface area contributed by atoms with Gasteiger partial charge >= 0.3 is 0 Å². The van der Waals surface area contributed by atoms with E-state index in [1.54, 1.807) is 6.20 Å². The summed E-state index contributed by atoms with van der Waals surface area (Å²) < 4.78 is 3.96. The van der Waals surface area contributed by atoms with E-state index in [2.05, 4.69) is 30.1 Å². The number of aromatic nitrogens is 4. The van der Waals surface area contributed by atoms with Crippen LogP contribution in [0.25, 0.3) is 0 Å². The minimum atomic E-state index is 0.515. The molecule has 17 heavy (non-hydrogen) atoms. The monoisotopic (exact) mass is 233 g/mol. The molecule has 0 spiro atoms. The van der Waals surface area contributed by atoms with E-state index in [1.165, 1.54) is 5.69 Å². The topological polar surface area (TPSA) is 61.7 Å². The van der Waals surface area contributed by atoms with Crippen LogP contribution in [0.1, 0.15) is 30.9 Å². The van der Waals surface area contributed by atoms with Gasteiger partial charge in [0.05, 0.1) is 23.6 Å². The van der Waals surface area contributed by atoms with Gasteiger partial charge in [-0.3, -0.25) is 9.36 Å². The number of hydrogen-bond acceptors (Lipinski definition) is 3.